The van der Waals surface area contributed by atoms with Crippen molar-refractivity contribution >= 4 is 5.91 Å². The van der Waals surface area contributed by atoms with Crippen molar-refractivity contribution in [3.63, 3.8) is 0 Å². The van der Waals surface area contributed by atoms with Crippen LogP contribution in [-0.2, 0) is 6.42 Å². The van der Waals surface area contributed by atoms with E-state index in [2.05, 4.69) is 12.2 Å². The molecule has 1 atom stereocenters. The zero-order valence-corrected chi connectivity index (χ0v) is 9.99. The summed E-state index contributed by atoms with van der Waals surface area (Å²) < 4.78 is 0. The SMILES string of the molecule is CCC(C)NC(=O)c1ccc(CCN)cc1. The summed E-state index contributed by atoms with van der Waals surface area (Å²) in [5, 5.41) is 2.93. The van der Waals surface area contributed by atoms with Gasteiger partial charge in [0.25, 0.3) is 5.91 Å². The Balaban J connectivity index is 2.63. The minimum Gasteiger partial charge on any atom is -0.350 e. The quantitative estimate of drug-likeness (QED) is 0.793. The minimum atomic E-state index is -0.00588. The van der Waals surface area contributed by atoms with Gasteiger partial charge in [0.2, 0.25) is 0 Å². The summed E-state index contributed by atoms with van der Waals surface area (Å²) in [5.74, 6) is -0.00588. The molecule has 16 heavy (non-hydrogen) atoms. The van der Waals surface area contributed by atoms with Gasteiger partial charge in [-0.25, -0.2) is 0 Å². The molecule has 0 saturated carbocycles. The van der Waals surface area contributed by atoms with E-state index in [1.54, 1.807) is 0 Å². The number of nitrogens with one attached hydrogen (secondary N) is 1. The Labute approximate surface area is 97.0 Å². The van der Waals surface area contributed by atoms with Gasteiger partial charge in [-0.1, -0.05) is 19.1 Å². The van der Waals surface area contributed by atoms with E-state index in [0.717, 1.165) is 12.8 Å². The first-order valence-electron chi connectivity index (χ1n) is 5.77. The molecule has 0 bridgehead atoms. The monoisotopic (exact) mass is 220 g/mol. The van der Waals surface area contributed by atoms with Crippen LogP contribution in [-0.4, -0.2) is 18.5 Å². The van der Waals surface area contributed by atoms with Crippen LogP contribution in [0.3, 0.4) is 0 Å². The van der Waals surface area contributed by atoms with E-state index in [0.29, 0.717) is 12.1 Å². The fraction of sp³-hybridized carbons (Fsp3) is 0.462. The second-order valence-electron chi connectivity index (χ2n) is 4.02. The molecule has 0 aliphatic carbocycles. The first-order valence-corrected chi connectivity index (χ1v) is 5.77. The van der Waals surface area contributed by atoms with E-state index in [-0.39, 0.29) is 11.9 Å². The summed E-state index contributed by atoms with van der Waals surface area (Å²) >= 11 is 0. The number of carbonyl (C=O) groups is 1. The Hall–Kier alpha value is -1.35. The molecule has 88 valence electrons. The highest BCUT2D eigenvalue weighted by atomic mass is 16.1. The second kappa shape index (κ2) is 6.28. The van der Waals surface area contributed by atoms with Gasteiger partial charge < -0.3 is 11.1 Å². The van der Waals surface area contributed by atoms with Crippen molar-refractivity contribution in [1.29, 1.82) is 0 Å². The molecule has 1 amide bonds. The van der Waals surface area contributed by atoms with E-state index in [9.17, 15) is 4.79 Å². The predicted molar refractivity (Wildman–Crippen MR) is 66.4 cm³/mol. The minimum absolute atomic E-state index is 0.00588. The number of hydrogen-bond donors (Lipinski definition) is 2. The first kappa shape index (κ1) is 12.7. The van der Waals surface area contributed by atoms with Gasteiger partial charge in [0.1, 0.15) is 0 Å². The zero-order chi connectivity index (χ0) is 12.0. The van der Waals surface area contributed by atoms with E-state index in [4.69, 9.17) is 5.73 Å². The van der Waals surface area contributed by atoms with Crippen LogP contribution in [0.25, 0.3) is 0 Å². The average Bonchev–Trinajstić information content (AvgIpc) is 2.30. The third kappa shape index (κ3) is 3.66. The lowest BCUT2D eigenvalue weighted by Gasteiger charge is -2.11. The predicted octanol–water partition coefficient (Wildman–Crippen LogP) is 1.72. The van der Waals surface area contributed by atoms with E-state index in [1.165, 1.54) is 5.56 Å². The highest BCUT2D eigenvalue weighted by Crippen LogP contribution is 2.05. The van der Waals surface area contributed by atoms with Crippen LogP contribution in [0.5, 0.6) is 0 Å². The Kier molecular flexibility index (Phi) is 4.99. The van der Waals surface area contributed by atoms with Gasteiger partial charge in [-0.3, -0.25) is 4.79 Å². The molecule has 0 heterocycles. The highest BCUT2D eigenvalue weighted by molar-refractivity contribution is 5.94. The summed E-state index contributed by atoms with van der Waals surface area (Å²) in [4.78, 5) is 11.7. The molecule has 0 aromatic heterocycles. The molecule has 1 rings (SSSR count). The van der Waals surface area contributed by atoms with Crippen molar-refractivity contribution in [3.8, 4) is 0 Å². The molecule has 0 fully saturated rings. The Morgan fingerprint density at radius 3 is 2.50 bits per heavy atom. The molecular weight excluding hydrogens is 200 g/mol. The molecule has 3 heteroatoms. The van der Waals surface area contributed by atoms with Crippen LogP contribution in [0.1, 0.15) is 36.2 Å². The average molecular weight is 220 g/mol. The molecule has 1 aromatic rings. The van der Waals surface area contributed by atoms with Crippen molar-refractivity contribution in [2.45, 2.75) is 32.7 Å². The van der Waals surface area contributed by atoms with Crippen molar-refractivity contribution < 1.29 is 4.79 Å². The molecule has 0 aliphatic rings. The van der Waals surface area contributed by atoms with Crippen LogP contribution >= 0.6 is 0 Å². The number of amides is 1. The molecule has 0 aliphatic heterocycles. The number of rotatable bonds is 5. The summed E-state index contributed by atoms with van der Waals surface area (Å²) in [7, 11) is 0. The van der Waals surface area contributed by atoms with Crippen molar-refractivity contribution in [2.24, 2.45) is 5.73 Å². The topological polar surface area (TPSA) is 55.1 Å². The van der Waals surface area contributed by atoms with Gasteiger partial charge >= 0.3 is 0 Å². The number of hydrogen-bond acceptors (Lipinski definition) is 2. The summed E-state index contributed by atoms with van der Waals surface area (Å²) in [6.07, 6.45) is 1.80. The lowest BCUT2D eigenvalue weighted by atomic mass is 10.1. The number of nitrogens with two attached hydrogens (primary N) is 1. The highest BCUT2D eigenvalue weighted by Gasteiger charge is 2.07. The van der Waals surface area contributed by atoms with Gasteiger partial charge in [0.15, 0.2) is 0 Å². The van der Waals surface area contributed by atoms with Crippen LogP contribution in [0.4, 0.5) is 0 Å². The van der Waals surface area contributed by atoms with Crippen molar-refractivity contribution in [1.82, 2.24) is 5.32 Å². The summed E-state index contributed by atoms with van der Waals surface area (Å²) in [5.41, 5.74) is 7.34. The molecule has 3 nitrogen and oxygen atoms in total. The van der Waals surface area contributed by atoms with Gasteiger partial charge in [-0.05, 0) is 44.0 Å². The molecule has 1 aromatic carbocycles. The Bertz CT molecular complexity index is 332. The summed E-state index contributed by atoms with van der Waals surface area (Å²) in [6, 6.07) is 7.83. The molecule has 0 radical (unpaired) electrons. The van der Waals surface area contributed by atoms with Gasteiger partial charge in [-0.15, -0.1) is 0 Å². The van der Waals surface area contributed by atoms with E-state index < -0.39 is 0 Å². The lowest BCUT2D eigenvalue weighted by molar-refractivity contribution is 0.0939. The number of benzene rings is 1. The zero-order valence-electron chi connectivity index (χ0n) is 9.99. The van der Waals surface area contributed by atoms with E-state index in [1.807, 2.05) is 31.2 Å². The van der Waals surface area contributed by atoms with E-state index >= 15 is 0 Å². The third-order valence-corrected chi connectivity index (χ3v) is 2.64. The lowest BCUT2D eigenvalue weighted by Crippen LogP contribution is -2.31. The van der Waals surface area contributed by atoms with Gasteiger partial charge in [0.05, 0.1) is 0 Å². The van der Waals surface area contributed by atoms with Crippen LogP contribution < -0.4 is 11.1 Å². The Morgan fingerprint density at radius 1 is 1.38 bits per heavy atom. The fourth-order valence-electron chi connectivity index (χ4n) is 1.40. The number of carbonyl (C=O) groups excluding carboxylic acids is 1. The smallest absolute Gasteiger partial charge is 0.251 e. The van der Waals surface area contributed by atoms with Crippen LogP contribution in [0, 0.1) is 0 Å². The third-order valence-electron chi connectivity index (χ3n) is 2.64. The van der Waals surface area contributed by atoms with Gasteiger partial charge in [0, 0.05) is 11.6 Å². The fourth-order valence-corrected chi connectivity index (χ4v) is 1.40. The maximum atomic E-state index is 11.7. The van der Waals surface area contributed by atoms with Crippen LogP contribution in [0.15, 0.2) is 24.3 Å². The molecule has 3 N–H and O–H groups in total. The molecule has 0 spiro atoms. The molecule has 1 unspecified atom stereocenters. The normalized spacial score (nSPS) is 12.2. The maximum absolute atomic E-state index is 11.7. The van der Waals surface area contributed by atoms with Crippen LogP contribution in [0.2, 0.25) is 0 Å². The van der Waals surface area contributed by atoms with Crippen molar-refractivity contribution in [3.05, 3.63) is 35.4 Å². The molecule has 0 saturated heterocycles. The summed E-state index contributed by atoms with van der Waals surface area (Å²) in [6.45, 7) is 4.69. The van der Waals surface area contributed by atoms with Gasteiger partial charge in [-0.2, -0.15) is 0 Å². The largest absolute Gasteiger partial charge is 0.350 e. The standard InChI is InChI=1S/C13H20N2O/c1-3-10(2)15-13(16)12-6-4-11(5-7-12)8-9-14/h4-7,10H,3,8-9,14H2,1-2H3,(H,15,16). The Morgan fingerprint density at radius 2 is 2.00 bits per heavy atom. The second-order valence-corrected chi connectivity index (χ2v) is 4.02. The van der Waals surface area contributed by atoms with Crippen molar-refractivity contribution in [2.75, 3.05) is 6.54 Å². The maximum Gasteiger partial charge on any atom is 0.251 e. The molecular formula is C13H20N2O. The first-order chi connectivity index (χ1) is 7.67.